The Hall–Kier alpha value is -0.610. The molecule has 120 valence electrons. The van der Waals surface area contributed by atoms with Crippen molar-refractivity contribution >= 4 is 5.97 Å². The molecular formula is C17H30N2O2. The van der Waals surface area contributed by atoms with Crippen LogP contribution in [0.25, 0.3) is 0 Å². The Morgan fingerprint density at radius 1 is 1.10 bits per heavy atom. The lowest BCUT2D eigenvalue weighted by molar-refractivity contribution is -0.142. The summed E-state index contributed by atoms with van der Waals surface area (Å²) < 4.78 is 4.87. The molecule has 3 aliphatic rings. The Morgan fingerprint density at radius 3 is 2.52 bits per heavy atom. The predicted octanol–water partition coefficient (Wildman–Crippen LogP) is 2.32. The van der Waals surface area contributed by atoms with E-state index in [4.69, 9.17) is 4.74 Å². The van der Waals surface area contributed by atoms with E-state index < -0.39 is 0 Å². The van der Waals surface area contributed by atoms with Crippen molar-refractivity contribution in [3.63, 3.8) is 0 Å². The second kappa shape index (κ2) is 7.10. The van der Waals surface area contributed by atoms with Crippen LogP contribution in [-0.2, 0) is 9.53 Å². The summed E-state index contributed by atoms with van der Waals surface area (Å²) in [5, 5.41) is 3.90. The number of likely N-dealkylation sites (tertiary alicyclic amines) is 1. The van der Waals surface area contributed by atoms with E-state index in [1.807, 2.05) is 0 Å². The molecule has 1 N–H and O–H groups in total. The minimum atomic E-state index is -0.0472. The lowest BCUT2D eigenvalue weighted by Gasteiger charge is -2.40. The zero-order valence-electron chi connectivity index (χ0n) is 13.4. The van der Waals surface area contributed by atoms with E-state index in [0.717, 1.165) is 19.0 Å². The first-order chi connectivity index (χ1) is 10.2. The van der Waals surface area contributed by atoms with Crippen LogP contribution in [-0.4, -0.2) is 49.2 Å². The minimum absolute atomic E-state index is 0.0472. The van der Waals surface area contributed by atoms with Gasteiger partial charge in [0.05, 0.1) is 7.11 Å². The van der Waals surface area contributed by atoms with Crippen molar-refractivity contribution in [2.75, 3.05) is 20.2 Å². The van der Waals surface area contributed by atoms with E-state index in [9.17, 15) is 4.79 Å². The number of hydrogen-bond acceptors (Lipinski definition) is 4. The molecule has 2 aliphatic carbocycles. The lowest BCUT2D eigenvalue weighted by Crippen LogP contribution is -2.53. The van der Waals surface area contributed by atoms with Crippen molar-refractivity contribution in [1.29, 1.82) is 0 Å². The van der Waals surface area contributed by atoms with Crippen molar-refractivity contribution < 1.29 is 9.53 Å². The van der Waals surface area contributed by atoms with Gasteiger partial charge in [-0.25, -0.2) is 0 Å². The SMILES string of the molecule is COC(=O)CC1CC(NC2CCCCC2)CN(C2CC2)C1. The third-order valence-electron chi connectivity index (χ3n) is 5.39. The summed E-state index contributed by atoms with van der Waals surface area (Å²) in [4.78, 5) is 14.2. The van der Waals surface area contributed by atoms with Gasteiger partial charge in [-0.1, -0.05) is 19.3 Å². The normalized spacial score (nSPS) is 32.0. The molecule has 1 saturated heterocycles. The highest BCUT2D eigenvalue weighted by Crippen LogP contribution is 2.32. The van der Waals surface area contributed by atoms with Crippen LogP contribution in [0.1, 0.15) is 57.8 Å². The molecule has 1 aliphatic heterocycles. The predicted molar refractivity (Wildman–Crippen MR) is 83.1 cm³/mol. The third kappa shape index (κ3) is 4.43. The summed E-state index contributed by atoms with van der Waals surface area (Å²) in [7, 11) is 1.50. The van der Waals surface area contributed by atoms with Gasteiger partial charge in [0.1, 0.15) is 0 Å². The molecule has 1 heterocycles. The van der Waals surface area contributed by atoms with Crippen LogP contribution in [0, 0.1) is 5.92 Å². The van der Waals surface area contributed by atoms with Crippen molar-refractivity contribution in [2.24, 2.45) is 5.92 Å². The van der Waals surface area contributed by atoms with Gasteiger partial charge in [0.25, 0.3) is 0 Å². The summed E-state index contributed by atoms with van der Waals surface area (Å²) in [6.45, 7) is 2.27. The van der Waals surface area contributed by atoms with Gasteiger partial charge >= 0.3 is 5.97 Å². The highest BCUT2D eigenvalue weighted by Gasteiger charge is 2.37. The van der Waals surface area contributed by atoms with E-state index in [1.165, 1.54) is 58.6 Å². The van der Waals surface area contributed by atoms with Crippen LogP contribution in [0.4, 0.5) is 0 Å². The Morgan fingerprint density at radius 2 is 1.86 bits per heavy atom. The first kappa shape index (κ1) is 15.3. The molecule has 0 radical (unpaired) electrons. The van der Waals surface area contributed by atoms with Crippen molar-refractivity contribution in [2.45, 2.75) is 75.9 Å². The Kier molecular flexibility index (Phi) is 5.17. The van der Waals surface area contributed by atoms with Crippen LogP contribution in [0.5, 0.6) is 0 Å². The molecule has 0 aromatic heterocycles. The van der Waals surface area contributed by atoms with Crippen molar-refractivity contribution in [3.05, 3.63) is 0 Å². The van der Waals surface area contributed by atoms with Crippen LogP contribution in [0.3, 0.4) is 0 Å². The van der Waals surface area contributed by atoms with E-state index in [0.29, 0.717) is 24.4 Å². The summed E-state index contributed by atoms with van der Waals surface area (Å²) in [5.41, 5.74) is 0. The topological polar surface area (TPSA) is 41.6 Å². The highest BCUT2D eigenvalue weighted by molar-refractivity contribution is 5.69. The van der Waals surface area contributed by atoms with Gasteiger partial charge in [-0.3, -0.25) is 9.69 Å². The van der Waals surface area contributed by atoms with Gasteiger partial charge in [0.15, 0.2) is 0 Å². The molecule has 0 aromatic carbocycles. The smallest absolute Gasteiger partial charge is 0.305 e. The fourth-order valence-electron chi connectivity index (χ4n) is 4.17. The number of nitrogens with zero attached hydrogens (tertiary/aromatic N) is 1. The maximum Gasteiger partial charge on any atom is 0.305 e. The summed E-state index contributed by atoms with van der Waals surface area (Å²) >= 11 is 0. The molecule has 3 fully saturated rings. The fraction of sp³-hybridized carbons (Fsp3) is 0.941. The highest BCUT2D eigenvalue weighted by atomic mass is 16.5. The molecule has 4 heteroatoms. The van der Waals surface area contributed by atoms with Crippen molar-refractivity contribution in [1.82, 2.24) is 10.2 Å². The van der Waals surface area contributed by atoms with Gasteiger partial charge in [-0.05, 0) is 38.0 Å². The van der Waals surface area contributed by atoms with Gasteiger partial charge in [-0.15, -0.1) is 0 Å². The molecule has 4 nitrogen and oxygen atoms in total. The largest absolute Gasteiger partial charge is 0.469 e. The number of ether oxygens (including phenoxy) is 1. The molecule has 2 saturated carbocycles. The molecular weight excluding hydrogens is 264 g/mol. The summed E-state index contributed by atoms with van der Waals surface area (Å²) in [5.74, 6) is 0.418. The fourth-order valence-corrected chi connectivity index (χ4v) is 4.17. The van der Waals surface area contributed by atoms with Gasteiger partial charge in [-0.2, -0.15) is 0 Å². The standard InChI is InChI=1S/C17H30N2O2/c1-21-17(20)10-13-9-15(12-19(11-13)16-7-8-16)18-14-5-3-2-4-6-14/h13-16,18H,2-12H2,1H3. The van der Waals surface area contributed by atoms with E-state index in [-0.39, 0.29) is 5.97 Å². The van der Waals surface area contributed by atoms with Gasteiger partial charge in [0.2, 0.25) is 0 Å². The van der Waals surface area contributed by atoms with E-state index in [1.54, 1.807) is 0 Å². The molecule has 2 unspecified atom stereocenters. The number of rotatable bonds is 5. The average Bonchev–Trinajstić information content (AvgIpc) is 3.32. The molecule has 0 spiro atoms. The molecule has 0 amide bonds. The maximum absolute atomic E-state index is 11.6. The van der Waals surface area contributed by atoms with Crippen LogP contribution in [0.15, 0.2) is 0 Å². The number of carbonyl (C=O) groups excluding carboxylic acids is 1. The number of methoxy groups -OCH3 is 1. The Balaban J connectivity index is 1.54. The number of esters is 1. The zero-order chi connectivity index (χ0) is 14.7. The quantitative estimate of drug-likeness (QED) is 0.790. The first-order valence-electron chi connectivity index (χ1n) is 8.81. The molecule has 0 aromatic rings. The van der Waals surface area contributed by atoms with Gasteiger partial charge < -0.3 is 10.1 Å². The monoisotopic (exact) mass is 294 g/mol. The zero-order valence-corrected chi connectivity index (χ0v) is 13.4. The second-order valence-electron chi connectivity index (χ2n) is 7.27. The van der Waals surface area contributed by atoms with Gasteiger partial charge in [0, 0.05) is 37.6 Å². The number of nitrogens with one attached hydrogen (secondary N) is 1. The number of hydrogen-bond donors (Lipinski definition) is 1. The minimum Gasteiger partial charge on any atom is -0.469 e. The molecule has 0 bridgehead atoms. The summed E-state index contributed by atoms with van der Waals surface area (Å²) in [6, 6.07) is 2.07. The average molecular weight is 294 g/mol. The maximum atomic E-state index is 11.6. The Bertz CT molecular complexity index is 351. The number of piperidine rings is 1. The lowest BCUT2D eigenvalue weighted by atomic mass is 9.89. The van der Waals surface area contributed by atoms with E-state index >= 15 is 0 Å². The second-order valence-corrected chi connectivity index (χ2v) is 7.27. The summed E-state index contributed by atoms with van der Waals surface area (Å²) in [6.07, 6.45) is 11.2. The van der Waals surface area contributed by atoms with Crippen LogP contribution in [0.2, 0.25) is 0 Å². The first-order valence-corrected chi connectivity index (χ1v) is 8.81. The van der Waals surface area contributed by atoms with Crippen LogP contribution >= 0.6 is 0 Å². The van der Waals surface area contributed by atoms with Crippen LogP contribution < -0.4 is 5.32 Å². The van der Waals surface area contributed by atoms with Crippen molar-refractivity contribution in [3.8, 4) is 0 Å². The molecule has 2 atom stereocenters. The third-order valence-corrected chi connectivity index (χ3v) is 5.39. The molecule has 3 rings (SSSR count). The molecule has 21 heavy (non-hydrogen) atoms. The van der Waals surface area contributed by atoms with E-state index in [2.05, 4.69) is 10.2 Å². The Labute approximate surface area is 128 Å². The number of carbonyl (C=O) groups is 1.